The summed E-state index contributed by atoms with van der Waals surface area (Å²) in [5.74, 6) is -0.921. The molecule has 0 aromatic rings. The zero-order chi connectivity index (χ0) is 44.4. The second kappa shape index (κ2) is 50.0. The molecule has 0 aliphatic heterocycles. The van der Waals surface area contributed by atoms with Crippen LogP contribution in [-0.2, 0) is 28.6 Å². The Bertz CT molecular complexity index is 1070. The predicted molar refractivity (Wildman–Crippen MR) is 261 cm³/mol. The quantitative estimate of drug-likeness (QED) is 0.0263. The summed E-state index contributed by atoms with van der Waals surface area (Å²) in [6.45, 7) is 6.57. The fourth-order valence-corrected chi connectivity index (χ4v) is 7.33. The van der Waals surface area contributed by atoms with Crippen LogP contribution < -0.4 is 0 Å². The van der Waals surface area contributed by atoms with E-state index >= 15 is 0 Å². The summed E-state index contributed by atoms with van der Waals surface area (Å²) < 4.78 is 16.8. The first-order chi connectivity index (χ1) is 30.0. The Morgan fingerprint density at radius 2 is 0.590 bits per heavy atom. The van der Waals surface area contributed by atoms with Crippen molar-refractivity contribution in [3.8, 4) is 0 Å². The highest BCUT2D eigenvalue weighted by atomic mass is 16.6. The van der Waals surface area contributed by atoms with Crippen molar-refractivity contribution in [3.63, 3.8) is 0 Å². The Morgan fingerprint density at radius 1 is 0.328 bits per heavy atom. The van der Waals surface area contributed by atoms with E-state index in [-0.39, 0.29) is 31.1 Å². The third kappa shape index (κ3) is 48.3. The molecule has 0 aromatic carbocycles. The van der Waals surface area contributed by atoms with Crippen molar-refractivity contribution in [2.45, 2.75) is 271 Å². The Morgan fingerprint density at radius 3 is 1.02 bits per heavy atom. The molecule has 0 aromatic heterocycles. The number of esters is 3. The molecule has 0 rings (SSSR count). The number of unbranched alkanes of at least 4 members (excludes halogenated alkanes) is 28. The second-order valence-electron chi connectivity index (χ2n) is 17.4. The maximum Gasteiger partial charge on any atom is 0.306 e. The summed E-state index contributed by atoms with van der Waals surface area (Å²) in [6.07, 6.45) is 59.5. The molecule has 0 radical (unpaired) electrons. The van der Waals surface area contributed by atoms with Gasteiger partial charge in [-0.2, -0.15) is 0 Å². The van der Waals surface area contributed by atoms with E-state index in [9.17, 15) is 14.4 Å². The number of allylic oxidation sites excluding steroid dienone is 8. The average Bonchev–Trinajstić information content (AvgIpc) is 3.26. The van der Waals surface area contributed by atoms with Gasteiger partial charge in [0, 0.05) is 19.3 Å². The zero-order valence-electron chi connectivity index (χ0n) is 40.4. The van der Waals surface area contributed by atoms with Crippen molar-refractivity contribution in [2.24, 2.45) is 0 Å². The third-order valence-electron chi connectivity index (χ3n) is 11.3. The lowest BCUT2D eigenvalue weighted by atomic mass is 10.0. The van der Waals surface area contributed by atoms with Crippen LogP contribution in [0.25, 0.3) is 0 Å². The second-order valence-corrected chi connectivity index (χ2v) is 17.4. The van der Waals surface area contributed by atoms with Crippen LogP contribution in [0.5, 0.6) is 0 Å². The van der Waals surface area contributed by atoms with E-state index in [1.54, 1.807) is 0 Å². The average molecular weight is 855 g/mol. The number of rotatable bonds is 47. The van der Waals surface area contributed by atoms with Crippen molar-refractivity contribution in [3.05, 3.63) is 48.6 Å². The van der Waals surface area contributed by atoms with Gasteiger partial charge in [-0.1, -0.05) is 211 Å². The van der Waals surface area contributed by atoms with Gasteiger partial charge in [-0.25, -0.2) is 0 Å². The molecule has 0 fully saturated rings. The molecule has 0 N–H and O–H groups in total. The van der Waals surface area contributed by atoms with E-state index in [0.717, 1.165) is 70.6 Å². The van der Waals surface area contributed by atoms with Crippen molar-refractivity contribution >= 4 is 17.9 Å². The van der Waals surface area contributed by atoms with E-state index in [0.29, 0.717) is 19.3 Å². The van der Waals surface area contributed by atoms with Gasteiger partial charge in [0.05, 0.1) is 0 Å². The first kappa shape index (κ1) is 58.4. The summed E-state index contributed by atoms with van der Waals surface area (Å²) >= 11 is 0. The van der Waals surface area contributed by atoms with E-state index in [1.165, 1.54) is 154 Å². The van der Waals surface area contributed by atoms with Gasteiger partial charge in [-0.3, -0.25) is 14.4 Å². The smallest absolute Gasteiger partial charge is 0.306 e. The molecule has 0 spiro atoms. The fraction of sp³-hybridized carbons (Fsp3) is 0.800. The van der Waals surface area contributed by atoms with E-state index in [2.05, 4.69) is 69.4 Å². The predicted octanol–water partition coefficient (Wildman–Crippen LogP) is 17.1. The Hall–Kier alpha value is -2.63. The maximum absolute atomic E-state index is 12.8. The van der Waals surface area contributed by atoms with Gasteiger partial charge >= 0.3 is 17.9 Å². The Labute approximate surface area is 378 Å². The lowest BCUT2D eigenvalue weighted by molar-refractivity contribution is -0.167. The molecule has 0 bridgehead atoms. The molecule has 0 heterocycles. The van der Waals surface area contributed by atoms with Crippen LogP contribution >= 0.6 is 0 Å². The highest BCUT2D eigenvalue weighted by molar-refractivity contribution is 5.71. The summed E-state index contributed by atoms with van der Waals surface area (Å²) in [7, 11) is 0. The first-order valence-electron chi connectivity index (χ1n) is 26.1. The fourth-order valence-electron chi connectivity index (χ4n) is 7.33. The molecule has 0 aliphatic rings. The van der Waals surface area contributed by atoms with Crippen LogP contribution in [0.2, 0.25) is 0 Å². The minimum Gasteiger partial charge on any atom is -0.462 e. The van der Waals surface area contributed by atoms with E-state index in [4.69, 9.17) is 14.2 Å². The first-order valence-corrected chi connectivity index (χ1v) is 26.1. The number of hydrogen-bond donors (Lipinski definition) is 0. The van der Waals surface area contributed by atoms with Crippen molar-refractivity contribution < 1.29 is 28.6 Å². The van der Waals surface area contributed by atoms with Crippen molar-refractivity contribution in [1.82, 2.24) is 0 Å². The maximum atomic E-state index is 12.8. The standard InChI is InChI=1S/C55H98O6/c1-4-7-10-13-16-19-22-25-27-30-33-36-39-42-45-48-54(57)60-51-52(50-59-53(56)47-44-41-38-35-32-29-24-21-18-15-12-9-6-3)61-55(58)49-46-43-40-37-34-31-28-26-23-20-17-14-11-8-5-2/h16,19-20,23,25,27,33,36,52H,4-15,17-18,21-22,24,26,28-32,34-35,37-51H2,1-3H3/b19-16-,23-20-,27-25-,36-33-/t52-/m0/s1. The topological polar surface area (TPSA) is 78.9 Å². The minimum absolute atomic E-state index is 0.0845. The summed E-state index contributed by atoms with van der Waals surface area (Å²) in [5.41, 5.74) is 0. The van der Waals surface area contributed by atoms with E-state index in [1.807, 2.05) is 0 Å². The van der Waals surface area contributed by atoms with Crippen LogP contribution in [0.4, 0.5) is 0 Å². The van der Waals surface area contributed by atoms with Gasteiger partial charge in [0.25, 0.3) is 0 Å². The molecule has 0 saturated heterocycles. The highest BCUT2D eigenvalue weighted by Crippen LogP contribution is 2.15. The normalized spacial score (nSPS) is 12.4. The number of ether oxygens (including phenoxy) is 3. The number of hydrogen-bond acceptors (Lipinski definition) is 6. The molecular formula is C55H98O6. The van der Waals surface area contributed by atoms with Gasteiger partial charge in [0.1, 0.15) is 13.2 Å². The summed E-state index contributed by atoms with van der Waals surface area (Å²) in [4.78, 5) is 38.0. The molecule has 0 unspecified atom stereocenters. The van der Waals surface area contributed by atoms with Crippen LogP contribution in [0, 0.1) is 0 Å². The number of carbonyl (C=O) groups excluding carboxylic acids is 3. The molecule has 354 valence electrons. The Kier molecular flexibility index (Phi) is 47.9. The van der Waals surface area contributed by atoms with Crippen LogP contribution in [-0.4, -0.2) is 37.2 Å². The van der Waals surface area contributed by atoms with Gasteiger partial charge in [-0.15, -0.1) is 0 Å². The SMILES string of the molecule is CCCCC/C=C\C/C=C\C/C=C\CCCCC(=O)OC[C@H](COC(=O)CCCCCCCCCCCCCCC)OC(=O)CCCCCCCCC/C=C\CCCCCC. The molecule has 61 heavy (non-hydrogen) atoms. The van der Waals surface area contributed by atoms with Gasteiger partial charge in [0.2, 0.25) is 0 Å². The van der Waals surface area contributed by atoms with Crippen molar-refractivity contribution in [2.75, 3.05) is 13.2 Å². The van der Waals surface area contributed by atoms with Crippen LogP contribution in [0.15, 0.2) is 48.6 Å². The molecule has 1 atom stereocenters. The lowest BCUT2D eigenvalue weighted by Gasteiger charge is -2.18. The monoisotopic (exact) mass is 855 g/mol. The van der Waals surface area contributed by atoms with Gasteiger partial charge in [0.15, 0.2) is 6.10 Å². The molecular weight excluding hydrogens is 757 g/mol. The molecule has 6 heteroatoms. The number of carbonyl (C=O) groups is 3. The van der Waals surface area contributed by atoms with Gasteiger partial charge in [-0.05, 0) is 83.5 Å². The highest BCUT2D eigenvalue weighted by Gasteiger charge is 2.19. The van der Waals surface area contributed by atoms with Gasteiger partial charge < -0.3 is 14.2 Å². The van der Waals surface area contributed by atoms with Crippen LogP contribution in [0.1, 0.15) is 265 Å². The Balaban J connectivity index is 4.43. The third-order valence-corrected chi connectivity index (χ3v) is 11.3. The zero-order valence-corrected chi connectivity index (χ0v) is 40.4. The molecule has 0 saturated carbocycles. The minimum atomic E-state index is -0.787. The largest absolute Gasteiger partial charge is 0.462 e. The van der Waals surface area contributed by atoms with Crippen LogP contribution in [0.3, 0.4) is 0 Å². The molecule has 0 aliphatic carbocycles. The summed E-state index contributed by atoms with van der Waals surface area (Å²) in [6, 6.07) is 0. The van der Waals surface area contributed by atoms with E-state index < -0.39 is 6.10 Å². The summed E-state index contributed by atoms with van der Waals surface area (Å²) in [5, 5.41) is 0. The lowest BCUT2D eigenvalue weighted by Crippen LogP contribution is -2.30. The molecule has 0 amide bonds. The van der Waals surface area contributed by atoms with Crippen molar-refractivity contribution in [1.29, 1.82) is 0 Å². The molecule has 6 nitrogen and oxygen atoms in total.